The van der Waals surface area contributed by atoms with Crippen molar-refractivity contribution in [2.24, 2.45) is 0 Å². The third-order valence-electron chi connectivity index (χ3n) is 4.68. The van der Waals surface area contributed by atoms with Crippen LogP contribution in [0.3, 0.4) is 0 Å². The molecule has 32 heavy (non-hydrogen) atoms. The number of fused-ring (bicyclic) bond motifs is 2. The predicted octanol–water partition coefficient (Wildman–Crippen LogP) is 1.23. The number of hydrogen-bond donors (Lipinski definition) is 3. The van der Waals surface area contributed by atoms with Crippen LogP contribution in [0.25, 0.3) is 22.4 Å². The Hall–Kier alpha value is -3.36. The molecular formula is C18H18N8O4S2. The van der Waals surface area contributed by atoms with E-state index in [1.165, 1.54) is 18.1 Å². The van der Waals surface area contributed by atoms with Gasteiger partial charge in [-0.2, -0.15) is 5.10 Å². The maximum Gasteiger partial charge on any atom is 0.231 e. The zero-order valence-electron chi connectivity index (χ0n) is 16.8. The maximum absolute atomic E-state index is 11.5. The van der Waals surface area contributed by atoms with Crippen molar-refractivity contribution in [1.29, 1.82) is 0 Å². The van der Waals surface area contributed by atoms with Crippen LogP contribution in [0.5, 0.6) is 11.5 Å². The summed E-state index contributed by atoms with van der Waals surface area (Å²) in [5.74, 6) is 1.49. The fourth-order valence-corrected chi connectivity index (χ4v) is 4.80. The highest BCUT2D eigenvalue weighted by Crippen LogP contribution is 2.44. The Kier molecular flexibility index (Phi) is 5.11. The van der Waals surface area contributed by atoms with Gasteiger partial charge in [-0.15, -0.1) is 0 Å². The summed E-state index contributed by atoms with van der Waals surface area (Å²) in [6.07, 6.45) is 4.19. The summed E-state index contributed by atoms with van der Waals surface area (Å²) < 4.78 is 38.4. The number of rotatable bonds is 7. The van der Waals surface area contributed by atoms with Crippen LogP contribution in [0.4, 0.5) is 5.82 Å². The van der Waals surface area contributed by atoms with Crippen LogP contribution in [0.1, 0.15) is 0 Å². The van der Waals surface area contributed by atoms with Gasteiger partial charge in [0.2, 0.25) is 16.8 Å². The SMILES string of the molecule is CS(=O)(=O)NCCn1c(Sc2cc3c(cc2-c2cc[nH]n2)OCO3)nc2c(N)ncnc21. The van der Waals surface area contributed by atoms with E-state index in [4.69, 9.17) is 15.2 Å². The van der Waals surface area contributed by atoms with E-state index < -0.39 is 10.0 Å². The molecule has 0 unspecified atom stereocenters. The Labute approximate surface area is 186 Å². The maximum atomic E-state index is 11.5. The quantitative estimate of drug-likeness (QED) is 0.355. The van der Waals surface area contributed by atoms with E-state index >= 15 is 0 Å². The van der Waals surface area contributed by atoms with Crippen LogP contribution in [-0.4, -0.2) is 57.7 Å². The molecule has 0 fully saturated rings. The highest BCUT2D eigenvalue weighted by Gasteiger charge is 2.23. The van der Waals surface area contributed by atoms with Gasteiger partial charge in [0.05, 0.1) is 11.9 Å². The van der Waals surface area contributed by atoms with Gasteiger partial charge < -0.3 is 19.8 Å². The van der Waals surface area contributed by atoms with Gasteiger partial charge in [-0.1, -0.05) is 11.8 Å². The summed E-state index contributed by atoms with van der Waals surface area (Å²) in [4.78, 5) is 13.8. The molecule has 4 N–H and O–H groups in total. The van der Waals surface area contributed by atoms with Crippen LogP contribution in [0.2, 0.25) is 0 Å². The minimum atomic E-state index is -3.34. The fourth-order valence-electron chi connectivity index (χ4n) is 3.27. The van der Waals surface area contributed by atoms with Crippen LogP contribution < -0.4 is 19.9 Å². The lowest BCUT2D eigenvalue weighted by atomic mass is 10.1. The monoisotopic (exact) mass is 474 g/mol. The van der Waals surface area contributed by atoms with Crippen LogP contribution in [0, 0.1) is 0 Å². The molecule has 0 atom stereocenters. The molecule has 0 saturated carbocycles. The minimum absolute atomic E-state index is 0.144. The Morgan fingerprint density at radius 2 is 2.09 bits per heavy atom. The molecule has 0 bridgehead atoms. The van der Waals surface area contributed by atoms with E-state index in [1.54, 1.807) is 10.8 Å². The van der Waals surface area contributed by atoms with Gasteiger partial charge in [0.1, 0.15) is 6.33 Å². The number of anilines is 1. The number of hydrogen-bond acceptors (Lipinski definition) is 10. The fraction of sp³-hybridized carbons (Fsp3) is 0.222. The summed E-state index contributed by atoms with van der Waals surface area (Å²) in [5.41, 5.74) is 8.52. The van der Waals surface area contributed by atoms with Gasteiger partial charge in [0.25, 0.3) is 0 Å². The summed E-state index contributed by atoms with van der Waals surface area (Å²) in [7, 11) is -3.34. The summed E-state index contributed by atoms with van der Waals surface area (Å²) in [5, 5.41) is 7.67. The van der Waals surface area contributed by atoms with E-state index in [0.717, 1.165) is 22.4 Å². The molecule has 1 aliphatic rings. The Morgan fingerprint density at radius 3 is 2.84 bits per heavy atom. The van der Waals surface area contributed by atoms with Crippen molar-refractivity contribution in [2.45, 2.75) is 16.6 Å². The Bertz CT molecular complexity index is 1400. The van der Waals surface area contributed by atoms with E-state index in [-0.39, 0.29) is 19.2 Å². The number of aromatic nitrogens is 6. The van der Waals surface area contributed by atoms with Crippen LogP contribution in [-0.2, 0) is 16.6 Å². The van der Waals surface area contributed by atoms with Crippen molar-refractivity contribution >= 4 is 38.8 Å². The van der Waals surface area contributed by atoms with Gasteiger partial charge in [-0.05, 0) is 18.2 Å². The Morgan fingerprint density at radius 1 is 1.28 bits per heavy atom. The number of sulfonamides is 1. The summed E-state index contributed by atoms with van der Waals surface area (Å²) >= 11 is 1.36. The highest BCUT2D eigenvalue weighted by molar-refractivity contribution is 7.99. The zero-order chi connectivity index (χ0) is 22.3. The first-order valence-electron chi connectivity index (χ1n) is 9.42. The lowest BCUT2D eigenvalue weighted by Crippen LogP contribution is -2.26. The highest BCUT2D eigenvalue weighted by atomic mass is 32.2. The van der Waals surface area contributed by atoms with E-state index in [2.05, 4.69) is 29.9 Å². The first kappa shape index (κ1) is 20.5. The van der Waals surface area contributed by atoms with Gasteiger partial charge in [-0.25, -0.2) is 28.1 Å². The molecule has 1 aromatic carbocycles. The van der Waals surface area contributed by atoms with Gasteiger partial charge >= 0.3 is 0 Å². The molecule has 166 valence electrons. The largest absolute Gasteiger partial charge is 0.454 e. The van der Waals surface area contributed by atoms with Crippen molar-refractivity contribution in [2.75, 3.05) is 25.3 Å². The number of H-pyrrole nitrogens is 1. The van der Waals surface area contributed by atoms with Gasteiger partial charge in [0, 0.05) is 29.7 Å². The van der Waals surface area contributed by atoms with Gasteiger partial charge in [0.15, 0.2) is 33.6 Å². The molecule has 4 aromatic rings. The molecule has 5 rings (SSSR count). The molecule has 0 radical (unpaired) electrons. The lowest BCUT2D eigenvalue weighted by Gasteiger charge is -2.11. The van der Waals surface area contributed by atoms with Gasteiger partial charge in [-0.3, -0.25) is 5.10 Å². The predicted molar refractivity (Wildman–Crippen MR) is 117 cm³/mol. The molecular weight excluding hydrogens is 456 g/mol. The number of nitrogens with one attached hydrogen (secondary N) is 2. The van der Waals surface area contributed by atoms with Crippen molar-refractivity contribution < 1.29 is 17.9 Å². The Balaban J connectivity index is 1.58. The molecule has 0 aliphatic carbocycles. The number of nitrogen functional groups attached to an aromatic ring is 1. The number of ether oxygens (including phenoxy) is 2. The molecule has 4 heterocycles. The molecule has 12 nitrogen and oxygen atoms in total. The van der Waals surface area contributed by atoms with Crippen LogP contribution in [0.15, 0.2) is 40.8 Å². The number of nitrogens with zero attached hydrogens (tertiary/aromatic N) is 5. The van der Waals surface area contributed by atoms with Crippen molar-refractivity contribution in [3.8, 4) is 22.8 Å². The number of aromatic amines is 1. The zero-order valence-corrected chi connectivity index (χ0v) is 18.4. The normalized spacial score (nSPS) is 13.2. The average molecular weight is 475 g/mol. The molecule has 0 amide bonds. The first-order chi connectivity index (χ1) is 15.4. The molecule has 0 saturated heterocycles. The molecule has 3 aromatic heterocycles. The molecule has 1 aliphatic heterocycles. The summed E-state index contributed by atoms with van der Waals surface area (Å²) in [6, 6.07) is 5.59. The minimum Gasteiger partial charge on any atom is -0.454 e. The lowest BCUT2D eigenvalue weighted by molar-refractivity contribution is 0.174. The van der Waals surface area contributed by atoms with Crippen molar-refractivity contribution in [3.63, 3.8) is 0 Å². The number of nitrogens with two attached hydrogens (primary N) is 1. The van der Waals surface area contributed by atoms with Crippen LogP contribution >= 0.6 is 11.8 Å². The van der Waals surface area contributed by atoms with E-state index in [1.807, 2.05) is 18.2 Å². The van der Waals surface area contributed by atoms with Crippen molar-refractivity contribution in [1.82, 2.24) is 34.4 Å². The third-order valence-corrected chi connectivity index (χ3v) is 6.46. The molecule has 14 heteroatoms. The van der Waals surface area contributed by atoms with E-state index in [0.29, 0.717) is 34.4 Å². The van der Waals surface area contributed by atoms with E-state index in [9.17, 15) is 8.42 Å². The average Bonchev–Trinajstić information content (AvgIpc) is 3.48. The number of imidazole rings is 1. The van der Waals surface area contributed by atoms with Crippen molar-refractivity contribution in [3.05, 3.63) is 30.7 Å². The molecule has 0 spiro atoms. The smallest absolute Gasteiger partial charge is 0.231 e. The second-order valence-electron chi connectivity index (χ2n) is 6.91. The second-order valence-corrected chi connectivity index (χ2v) is 9.75. The third kappa shape index (κ3) is 3.94. The number of benzene rings is 1. The summed E-state index contributed by atoms with van der Waals surface area (Å²) in [6.45, 7) is 0.602. The first-order valence-corrected chi connectivity index (χ1v) is 12.1. The second kappa shape index (κ2) is 7.96. The topological polar surface area (TPSA) is 163 Å². The standard InChI is InChI=1S/C18H18N8O4S2/c1-32(27,28)23-4-5-26-17-15(16(19)20-8-21-17)24-18(26)31-14-7-13-12(29-9-30-13)6-10(14)11-2-3-22-25-11/h2-3,6-8,23H,4-5,9H2,1H3,(H,22,25)(H2,19,20,21).